The third-order valence-corrected chi connectivity index (χ3v) is 9.67. The number of esters is 1. The molecule has 5 rings (SSSR count). The number of aliphatic hydroxyl groups excluding tert-OH is 1. The third-order valence-electron chi connectivity index (χ3n) is 8.39. The number of sulfonamides is 1. The molecule has 1 aromatic heterocycles. The van der Waals surface area contributed by atoms with Crippen molar-refractivity contribution in [3.8, 4) is 0 Å². The molecule has 11 heteroatoms. The third kappa shape index (κ3) is 8.21. The van der Waals surface area contributed by atoms with E-state index < -0.39 is 44.3 Å². The predicted octanol–water partition coefficient (Wildman–Crippen LogP) is 8.16. The van der Waals surface area contributed by atoms with Gasteiger partial charge in [-0.25, -0.2) is 9.78 Å². The van der Waals surface area contributed by atoms with Crippen LogP contribution in [0.3, 0.4) is 0 Å². The first kappa shape index (κ1) is 33.7. The second kappa shape index (κ2) is 14.0. The largest absolute Gasteiger partial charge is 0.512 e. The number of alkyl halides is 3. The van der Waals surface area contributed by atoms with Crippen molar-refractivity contribution in [3.05, 3.63) is 137 Å². The number of hydrogen-bond donors (Lipinski definition) is 2. The van der Waals surface area contributed by atoms with Crippen LogP contribution in [-0.4, -0.2) is 30.1 Å². The van der Waals surface area contributed by atoms with Crippen LogP contribution in [-0.2, 0) is 38.6 Å². The fourth-order valence-corrected chi connectivity index (χ4v) is 6.98. The minimum Gasteiger partial charge on any atom is -0.512 e. The van der Waals surface area contributed by atoms with E-state index in [-0.39, 0.29) is 23.4 Å². The zero-order valence-electron chi connectivity index (χ0n) is 25.7. The van der Waals surface area contributed by atoms with E-state index in [0.717, 1.165) is 17.3 Å². The van der Waals surface area contributed by atoms with Gasteiger partial charge in [-0.15, -0.1) is 0 Å². The Morgan fingerprint density at radius 1 is 0.915 bits per heavy atom. The van der Waals surface area contributed by atoms with Gasteiger partial charge in [-0.1, -0.05) is 79.7 Å². The first-order valence-corrected chi connectivity index (χ1v) is 16.8. The number of hydrogen-bond acceptors (Lipinski definition) is 6. The zero-order valence-corrected chi connectivity index (χ0v) is 26.5. The molecule has 0 bridgehead atoms. The van der Waals surface area contributed by atoms with Gasteiger partial charge < -0.3 is 9.84 Å². The van der Waals surface area contributed by atoms with Crippen molar-refractivity contribution in [1.82, 2.24) is 4.98 Å². The molecule has 1 atom stereocenters. The number of ether oxygens (including phenoxy) is 1. The molecule has 7 nitrogen and oxygen atoms in total. The van der Waals surface area contributed by atoms with Gasteiger partial charge in [0.2, 0.25) is 0 Å². The van der Waals surface area contributed by atoms with Crippen molar-refractivity contribution in [2.75, 3.05) is 4.72 Å². The number of nitrogens with one attached hydrogen (secondary N) is 1. The van der Waals surface area contributed by atoms with Crippen LogP contribution in [0.25, 0.3) is 0 Å². The average Bonchev–Trinajstić information content (AvgIpc) is 3.05. The second-order valence-corrected chi connectivity index (χ2v) is 13.3. The molecule has 246 valence electrons. The number of halogens is 3. The average molecular weight is 665 g/mol. The van der Waals surface area contributed by atoms with Gasteiger partial charge >= 0.3 is 12.1 Å². The molecule has 2 N–H and O–H groups in total. The number of cyclic esters (lactones) is 1. The molecular formula is C36H35F3N2O5S. The van der Waals surface area contributed by atoms with Crippen LogP contribution >= 0.6 is 0 Å². The minimum absolute atomic E-state index is 0.0597. The monoisotopic (exact) mass is 664 g/mol. The topological polar surface area (TPSA) is 106 Å². The summed E-state index contributed by atoms with van der Waals surface area (Å²) >= 11 is 0. The van der Waals surface area contributed by atoms with Crippen LogP contribution in [0.4, 0.5) is 18.9 Å². The van der Waals surface area contributed by atoms with E-state index >= 15 is 0 Å². The molecule has 1 unspecified atom stereocenters. The standard InChI is InChI=1S/C36H35F3N2O5S/c1-2-30(27-14-9-15-29(22-27)41-47(44,45)32-23-28(18-21-40-32)36(37,38)39)33-31(42)24-35(46-34(33)43,19-16-25-10-5-3-6-11-25)20-17-26-12-7-4-8-13-26/h3-15,18,21-23,30,41-42H,2,16-17,19-20,24H2,1H3. The van der Waals surface area contributed by atoms with Gasteiger partial charge in [-0.2, -0.15) is 21.6 Å². The molecule has 0 spiro atoms. The summed E-state index contributed by atoms with van der Waals surface area (Å²) in [6.45, 7) is 1.83. The number of carbonyl (C=O) groups excluding carboxylic acids is 1. The maximum Gasteiger partial charge on any atom is 0.416 e. The maximum atomic E-state index is 13.8. The van der Waals surface area contributed by atoms with Crippen molar-refractivity contribution in [1.29, 1.82) is 0 Å². The van der Waals surface area contributed by atoms with Gasteiger partial charge in [0.25, 0.3) is 10.0 Å². The summed E-state index contributed by atoms with van der Waals surface area (Å²) in [6.07, 6.45) is -1.16. The number of aryl methyl sites for hydroxylation is 2. The number of benzene rings is 3. The Morgan fingerprint density at radius 2 is 1.53 bits per heavy atom. The number of aromatic nitrogens is 1. The van der Waals surface area contributed by atoms with E-state index in [1.807, 2.05) is 67.6 Å². The maximum absolute atomic E-state index is 13.8. The molecule has 4 aromatic rings. The van der Waals surface area contributed by atoms with Crippen LogP contribution in [0.5, 0.6) is 0 Å². The number of anilines is 1. The van der Waals surface area contributed by atoms with E-state index in [1.165, 1.54) is 12.1 Å². The molecule has 3 aromatic carbocycles. The Bertz CT molecular complexity index is 1800. The highest BCUT2D eigenvalue weighted by atomic mass is 32.2. The fraction of sp³-hybridized carbons (Fsp3) is 0.278. The Morgan fingerprint density at radius 3 is 2.09 bits per heavy atom. The van der Waals surface area contributed by atoms with Gasteiger partial charge in [0.05, 0.1) is 11.1 Å². The fourth-order valence-electron chi connectivity index (χ4n) is 5.95. The number of pyridine rings is 1. The molecule has 0 amide bonds. The van der Waals surface area contributed by atoms with E-state index in [4.69, 9.17) is 4.74 Å². The Hall–Kier alpha value is -4.64. The van der Waals surface area contributed by atoms with Gasteiger partial charge in [-0.3, -0.25) is 4.72 Å². The summed E-state index contributed by atoms with van der Waals surface area (Å²) in [5.74, 6) is -1.35. The van der Waals surface area contributed by atoms with Crippen LogP contribution in [0.15, 0.2) is 120 Å². The summed E-state index contributed by atoms with van der Waals surface area (Å²) in [5.41, 5.74) is 0.764. The molecule has 0 saturated heterocycles. The van der Waals surface area contributed by atoms with E-state index in [0.29, 0.717) is 49.8 Å². The van der Waals surface area contributed by atoms with Crippen LogP contribution in [0.1, 0.15) is 60.8 Å². The van der Waals surface area contributed by atoms with Crippen molar-refractivity contribution < 1.29 is 36.2 Å². The highest BCUT2D eigenvalue weighted by Crippen LogP contribution is 2.42. The summed E-state index contributed by atoms with van der Waals surface area (Å²) in [6, 6.07) is 27.0. The lowest BCUT2D eigenvalue weighted by atomic mass is 9.79. The Labute approximate surface area is 272 Å². The normalized spacial score (nSPS) is 15.6. The van der Waals surface area contributed by atoms with E-state index in [9.17, 15) is 31.5 Å². The number of aliphatic hydroxyl groups is 1. The number of rotatable bonds is 12. The SMILES string of the molecule is CCC(C1=C(O)CC(CCc2ccccc2)(CCc2ccccc2)OC1=O)c1cccc(NS(=O)(=O)c2cc(C(F)(F)F)ccn2)c1. The summed E-state index contributed by atoms with van der Waals surface area (Å²) in [4.78, 5) is 17.4. The molecule has 47 heavy (non-hydrogen) atoms. The molecule has 0 saturated carbocycles. The van der Waals surface area contributed by atoms with Crippen LogP contribution in [0.2, 0.25) is 0 Å². The molecule has 0 radical (unpaired) electrons. The first-order chi connectivity index (χ1) is 22.4. The lowest BCUT2D eigenvalue weighted by molar-refractivity contribution is -0.161. The number of carbonyl (C=O) groups is 1. The summed E-state index contributed by atoms with van der Waals surface area (Å²) in [5, 5.41) is 10.7. The first-order valence-electron chi connectivity index (χ1n) is 15.3. The zero-order chi connectivity index (χ0) is 33.7. The summed E-state index contributed by atoms with van der Waals surface area (Å²) in [7, 11) is -4.48. The summed E-state index contributed by atoms with van der Waals surface area (Å²) < 4.78 is 74.0. The molecular weight excluding hydrogens is 629 g/mol. The molecule has 2 heterocycles. The predicted molar refractivity (Wildman–Crippen MR) is 172 cm³/mol. The highest BCUT2D eigenvalue weighted by Gasteiger charge is 2.43. The van der Waals surface area contributed by atoms with Gasteiger partial charge in [0, 0.05) is 24.2 Å². The molecule has 0 fully saturated rings. The van der Waals surface area contributed by atoms with Gasteiger partial charge in [0.15, 0.2) is 5.03 Å². The quantitative estimate of drug-likeness (QED) is 0.148. The van der Waals surface area contributed by atoms with E-state index in [2.05, 4.69) is 9.71 Å². The van der Waals surface area contributed by atoms with Crippen molar-refractivity contribution >= 4 is 21.7 Å². The Balaban J connectivity index is 1.41. The van der Waals surface area contributed by atoms with Crippen LogP contribution < -0.4 is 4.72 Å². The van der Waals surface area contributed by atoms with E-state index in [1.54, 1.807) is 12.1 Å². The molecule has 0 aliphatic carbocycles. The molecule has 1 aliphatic heterocycles. The van der Waals surface area contributed by atoms with Crippen molar-refractivity contribution in [2.24, 2.45) is 0 Å². The molecule has 1 aliphatic rings. The van der Waals surface area contributed by atoms with Crippen molar-refractivity contribution in [3.63, 3.8) is 0 Å². The lowest BCUT2D eigenvalue weighted by Gasteiger charge is -2.39. The highest BCUT2D eigenvalue weighted by molar-refractivity contribution is 7.92. The van der Waals surface area contributed by atoms with Crippen molar-refractivity contribution in [2.45, 2.75) is 68.2 Å². The number of nitrogens with zero attached hydrogens (tertiary/aromatic N) is 1. The minimum atomic E-state index is -4.74. The lowest BCUT2D eigenvalue weighted by Crippen LogP contribution is -2.42. The van der Waals surface area contributed by atoms with Crippen LogP contribution in [0, 0.1) is 0 Å². The van der Waals surface area contributed by atoms with Gasteiger partial charge in [0.1, 0.15) is 11.4 Å². The second-order valence-electron chi connectivity index (χ2n) is 11.7. The smallest absolute Gasteiger partial charge is 0.416 e. The van der Waals surface area contributed by atoms with Gasteiger partial charge in [-0.05, 0) is 73.1 Å². The Kier molecular flexibility index (Phi) is 10.0.